The molecular formula is C17H16F5N3O. The van der Waals surface area contributed by atoms with Crippen molar-refractivity contribution < 1.29 is 26.7 Å². The summed E-state index contributed by atoms with van der Waals surface area (Å²) in [7, 11) is 0. The highest BCUT2D eigenvalue weighted by Crippen LogP contribution is 2.55. The van der Waals surface area contributed by atoms with E-state index in [-0.39, 0.29) is 0 Å². The molecule has 2 atom stereocenters. The number of hydrogen-bond donors (Lipinski definition) is 0. The van der Waals surface area contributed by atoms with E-state index in [1.54, 1.807) is 36.4 Å². The molecule has 0 bridgehead atoms. The molecule has 1 aromatic rings. The molecule has 0 radical (unpaired) electrons. The van der Waals surface area contributed by atoms with Crippen molar-refractivity contribution >= 4 is 11.7 Å². The van der Waals surface area contributed by atoms with Crippen molar-refractivity contribution in [3.8, 4) is 0 Å². The van der Waals surface area contributed by atoms with Gasteiger partial charge >= 0.3 is 18.1 Å². The van der Waals surface area contributed by atoms with Crippen LogP contribution in [0.25, 0.3) is 0 Å². The Morgan fingerprint density at radius 3 is 2.23 bits per heavy atom. The smallest absolute Gasteiger partial charge is 0.269 e. The fourth-order valence-electron chi connectivity index (χ4n) is 4.08. The summed E-state index contributed by atoms with van der Waals surface area (Å²) in [6.07, 6.45) is -5.26. The third-order valence-corrected chi connectivity index (χ3v) is 5.14. The van der Waals surface area contributed by atoms with Crippen LogP contribution in [0.5, 0.6) is 0 Å². The van der Waals surface area contributed by atoms with Crippen LogP contribution >= 0.6 is 0 Å². The number of halogens is 5. The topological polar surface area (TPSA) is 26.8 Å². The fraction of sp³-hybridized carbons (Fsp3) is 0.471. The van der Waals surface area contributed by atoms with Crippen molar-refractivity contribution in [2.45, 2.75) is 44.6 Å². The van der Waals surface area contributed by atoms with Crippen LogP contribution in [-0.2, 0) is 0 Å². The Balaban J connectivity index is 1.82. The number of hydrogen-bond acceptors (Lipinski definition) is 2. The van der Waals surface area contributed by atoms with Gasteiger partial charge in [0, 0.05) is 23.2 Å². The van der Waals surface area contributed by atoms with Crippen molar-refractivity contribution in [2.75, 3.05) is 4.90 Å². The van der Waals surface area contributed by atoms with Gasteiger partial charge in [-0.3, -0.25) is 9.91 Å². The number of para-hydroxylation sites is 1. The molecule has 0 saturated carbocycles. The van der Waals surface area contributed by atoms with Gasteiger partial charge in [0.15, 0.2) is 0 Å². The van der Waals surface area contributed by atoms with E-state index in [4.69, 9.17) is 0 Å². The maximum absolute atomic E-state index is 14.1. The number of nitrogens with zero attached hydrogens (tertiary/aromatic N) is 3. The van der Waals surface area contributed by atoms with Crippen LogP contribution in [-0.4, -0.2) is 40.4 Å². The second kappa shape index (κ2) is 4.89. The van der Waals surface area contributed by atoms with Gasteiger partial charge in [-0.25, -0.2) is 9.80 Å². The maximum Gasteiger partial charge on any atom is 0.455 e. The summed E-state index contributed by atoms with van der Waals surface area (Å²) < 4.78 is 67.0. The number of carbonyl (C=O) groups is 1. The molecule has 2 fully saturated rings. The number of carbonyl (C=O) groups excluding carboxylic acids is 1. The van der Waals surface area contributed by atoms with Crippen LogP contribution in [0.2, 0.25) is 0 Å². The molecule has 0 spiro atoms. The van der Waals surface area contributed by atoms with Crippen molar-refractivity contribution in [2.24, 2.45) is 5.41 Å². The first-order valence-corrected chi connectivity index (χ1v) is 8.10. The number of hydrazine groups is 1. The van der Waals surface area contributed by atoms with Gasteiger partial charge < -0.3 is 0 Å². The zero-order chi connectivity index (χ0) is 19.1. The van der Waals surface area contributed by atoms with E-state index in [1.165, 1.54) is 9.91 Å². The van der Waals surface area contributed by atoms with E-state index in [2.05, 4.69) is 0 Å². The largest absolute Gasteiger partial charge is 0.455 e. The zero-order valence-electron chi connectivity index (χ0n) is 14.0. The molecule has 0 aliphatic carbocycles. The number of amides is 2. The van der Waals surface area contributed by atoms with Gasteiger partial charge in [0.1, 0.15) is 12.2 Å². The Morgan fingerprint density at radius 1 is 1.04 bits per heavy atom. The molecule has 140 valence electrons. The molecule has 3 heterocycles. The van der Waals surface area contributed by atoms with Crippen LogP contribution in [0, 0.1) is 5.41 Å². The first-order chi connectivity index (χ1) is 12.0. The predicted molar refractivity (Wildman–Crippen MR) is 83.1 cm³/mol. The standard InChI is InChI=1S/C17H16F5N3O/c1-15(2)9-11-8-12(16(18,19)17(20,21)22)25-14(26)23(13(15)24(11)25)10-6-4-3-5-7-10/h3-7,9,12-13H,8H2,1-2H3/t12-,13-/m0/s1. The van der Waals surface area contributed by atoms with Gasteiger partial charge in [0.05, 0.1) is 0 Å². The lowest BCUT2D eigenvalue weighted by Crippen LogP contribution is -2.55. The van der Waals surface area contributed by atoms with Crippen molar-refractivity contribution in [1.29, 1.82) is 0 Å². The summed E-state index contributed by atoms with van der Waals surface area (Å²) >= 11 is 0. The van der Waals surface area contributed by atoms with Gasteiger partial charge in [-0.2, -0.15) is 22.0 Å². The lowest BCUT2D eigenvalue weighted by atomic mass is 9.90. The van der Waals surface area contributed by atoms with E-state index >= 15 is 0 Å². The van der Waals surface area contributed by atoms with E-state index in [9.17, 15) is 26.7 Å². The molecule has 0 N–H and O–H groups in total. The Morgan fingerprint density at radius 2 is 1.65 bits per heavy atom. The second-order valence-corrected chi connectivity index (χ2v) is 7.35. The van der Waals surface area contributed by atoms with Gasteiger partial charge in [-0.1, -0.05) is 38.1 Å². The van der Waals surface area contributed by atoms with Crippen LogP contribution < -0.4 is 4.90 Å². The molecule has 2 saturated heterocycles. The molecule has 3 aliphatic heterocycles. The summed E-state index contributed by atoms with van der Waals surface area (Å²) in [5, 5.41) is 1.89. The number of benzene rings is 1. The molecule has 9 heteroatoms. The monoisotopic (exact) mass is 373 g/mol. The summed E-state index contributed by atoms with van der Waals surface area (Å²) in [6, 6.07) is 5.20. The summed E-state index contributed by atoms with van der Waals surface area (Å²) in [5.41, 5.74) is 0.169. The SMILES string of the molecule is CC1(C)C=C2C[C@@H](C(F)(F)C(F)(F)F)N3C(=O)N(c4ccccc4)[C@H]1N23. The van der Waals surface area contributed by atoms with Gasteiger partial charge in [0.2, 0.25) is 0 Å². The average molecular weight is 373 g/mol. The Labute approximate surface area is 146 Å². The minimum absolute atomic E-state index is 0.320. The summed E-state index contributed by atoms with van der Waals surface area (Å²) in [4.78, 5) is 14.2. The molecule has 4 nitrogen and oxygen atoms in total. The van der Waals surface area contributed by atoms with Crippen molar-refractivity contribution in [1.82, 2.24) is 10.0 Å². The highest BCUT2D eigenvalue weighted by Gasteiger charge is 2.71. The molecule has 3 aliphatic rings. The minimum Gasteiger partial charge on any atom is -0.269 e. The van der Waals surface area contributed by atoms with Crippen LogP contribution in [0.4, 0.5) is 32.4 Å². The summed E-state index contributed by atoms with van der Waals surface area (Å²) in [5.74, 6) is -5.00. The van der Waals surface area contributed by atoms with Gasteiger partial charge in [-0.15, -0.1) is 0 Å². The molecule has 1 aromatic carbocycles. The van der Waals surface area contributed by atoms with E-state index in [0.717, 1.165) is 0 Å². The van der Waals surface area contributed by atoms with Gasteiger partial charge in [-0.05, 0) is 12.1 Å². The Bertz CT molecular complexity index is 789. The molecule has 0 aromatic heterocycles. The molecular weight excluding hydrogens is 357 g/mol. The lowest BCUT2D eigenvalue weighted by molar-refractivity contribution is -0.302. The number of anilines is 1. The summed E-state index contributed by atoms with van der Waals surface area (Å²) in [6.45, 7) is 3.65. The number of alkyl halides is 5. The third kappa shape index (κ3) is 2.02. The van der Waals surface area contributed by atoms with Crippen LogP contribution in [0.1, 0.15) is 20.3 Å². The lowest BCUT2D eigenvalue weighted by Gasteiger charge is -2.34. The Kier molecular flexibility index (Phi) is 3.22. The van der Waals surface area contributed by atoms with Crippen LogP contribution in [0.3, 0.4) is 0 Å². The molecule has 0 unspecified atom stereocenters. The van der Waals surface area contributed by atoms with E-state index in [1.807, 2.05) is 13.8 Å². The number of urea groups is 1. The molecule has 2 amide bonds. The minimum atomic E-state index is -5.73. The van der Waals surface area contributed by atoms with Crippen molar-refractivity contribution in [3.63, 3.8) is 0 Å². The highest BCUT2D eigenvalue weighted by molar-refractivity contribution is 5.95. The van der Waals surface area contributed by atoms with Gasteiger partial charge in [0.25, 0.3) is 0 Å². The fourth-order valence-corrected chi connectivity index (χ4v) is 4.08. The zero-order valence-corrected chi connectivity index (χ0v) is 14.0. The molecule has 26 heavy (non-hydrogen) atoms. The van der Waals surface area contributed by atoms with E-state index in [0.29, 0.717) is 16.4 Å². The van der Waals surface area contributed by atoms with Crippen LogP contribution in [0.15, 0.2) is 42.1 Å². The second-order valence-electron chi connectivity index (χ2n) is 7.35. The maximum atomic E-state index is 14.1. The normalized spacial score (nSPS) is 27.3. The predicted octanol–water partition coefficient (Wildman–Crippen LogP) is 4.37. The number of rotatable bonds is 2. The van der Waals surface area contributed by atoms with Crippen molar-refractivity contribution in [3.05, 3.63) is 42.1 Å². The highest BCUT2D eigenvalue weighted by atomic mass is 19.4. The van der Waals surface area contributed by atoms with E-state index < -0.39 is 42.2 Å². The third-order valence-electron chi connectivity index (χ3n) is 5.14. The quantitative estimate of drug-likeness (QED) is 0.720. The molecule has 4 rings (SSSR count). The average Bonchev–Trinajstić information content (AvgIpc) is 3.12. The Hall–Kier alpha value is -2.32. The first-order valence-electron chi connectivity index (χ1n) is 8.10. The first kappa shape index (κ1) is 17.1.